The minimum Gasteiger partial charge on any atom is -0.340 e. The van der Waals surface area contributed by atoms with Crippen LogP contribution in [0.2, 0.25) is 5.02 Å². The summed E-state index contributed by atoms with van der Waals surface area (Å²) in [5.74, 6) is -0.0259. The van der Waals surface area contributed by atoms with E-state index in [9.17, 15) is 9.59 Å². The number of carbonyl (C=O) groups excluding carboxylic acids is 2. The van der Waals surface area contributed by atoms with Gasteiger partial charge in [0.1, 0.15) is 6.04 Å². The molecule has 2 aromatic rings. The van der Waals surface area contributed by atoms with Crippen LogP contribution in [0.5, 0.6) is 0 Å². The molecule has 0 saturated carbocycles. The molecule has 0 bridgehead atoms. The maximum Gasteiger partial charge on any atom is 0.246 e. The first-order chi connectivity index (χ1) is 13.0. The summed E-state index contributed by atoms with van der Waals surface area (Å²) in [5.41, 5.74) is 2.58. The van der Waals surface area contributed by atoms with Crippen LogP contribution in [0.1, 0.15) is 24.1 Å². The summed E-state index contributed by atoms with van der Waals surface area (Å²) in [6.07, 6.45) is 0. The first-order valence-electron chi connectivity index (χ1n) is 9.07. The average molecular weight is 386 g/mol. The van der Waals surface area contributed by atoms with Crippen molar-refractivity contribution in [1.29, 1.82) is 0 Å². The van der Waals surface area contributed by atoms with Gasteiger partial charge in [-0.3, -0.25) is 14.5 Å². The Morgan fingerprint density at radius 2 is 1.70 bits per heavy atom. The number of carbonyl (C=O) groups is 2. The number of hydrogen-bond donors (Lipinski definition) is 1. The molecule has 0 spiro atoms. The molecule has 1 fully saturated rings. The Balaban J connectivity index is 1.81. The Labute approximate surface area is 164 Å². The van der Waals surface area contributed by atoms with Crippen LogP contribution < -0.4 is 5.32 Å². The lowest BCUT2D eigenvalue weighted by molar-refractivity contribution is -0.131. The van der Waals surface area contributed by atoms with Gasteiger partial charge in [-0.25, -0.2) is 0 Å². The predicted molar refractivity (Wildman–Crippen MR) is 108 cm³/mol. The lowest BCUT2D eigenvalue weighted by Crippen LogP contribution is -2.51. The second kappa shape index (κ2) is 8.55. The summed E-state index contributed by atoms with van der Waals surface area (Å²) in [4.78, 5) is 28.7. The highest BCUT2D eigenvalue weighted by molar-refractivity contribution is 6.31. The van der Waals surface area contributed by atoms with Gasteiger partial charge in [-0.15, -0.1) is 0 Å². The number of rotatable bonds is 4. The Morgan fingerprint density at radius 1 is 1.04 bits per heavy atom. The van der Waals surface area contributed by atoms with E-state index in [-0.39, 0.29) is 11.8 Å². The van der Waals surface area contributed by atoms with E-state index in [1.54, 1.807) is 13.0 Å². The first-order valence-corrected chi connectivity index (χ1v) is 9.45. The number of anilines is 1. The minimum atomic E-state index is -0.416. The topological polar surface area (TPSA) is 52.7 Å². The van der Waals surface area contributed by atoms with Crippen LogP contribution in [0.25, 0.3) is 0 Å². The SMILES string of the molecule is CC(=O)N1CCN(C(C(=O)Nc2ccc(C)c(Cl)c2)c2ccccc2)CC1. The van der Waals surface area contributed by atoms with Crippen LogP contribution in [0.15, 0.2) is 48.5 Å². The average Bonchev–Trinajstić information content (AvgIpc) is 2.66. The zero-order chi connectivity index (χ0) is 19.4. The number of aryl methyl sites for hydroxylation is 1. The number of halogens is 1. The van der Waals surface area contributed by atoms with Crippen molar-refractivity contribution in [2.24, 2.45) is 0 Å². The van der Waals surface area contributed by atoms with Crippen molar-refractivity contribution in [3.8, 4) is 0 Å². The van der Waals surface area contributed by atoms with Gasteiger partial charge >= 0.3 is 0 Å². The van der Waals surface area contributed by atoms with Crippen LogP contribution in [0.4, 0.5) is 5.69 Å². The zero-order valence-corrected chi connectivity index (χ0v) is 16.4. The fourth-order valence-corrected chi connectivity index (χ4v) is 3.52. The van der Waals surface area contributed by atoms with Crippen LogP contribution in [-0.2, 0) is 9.59 Å². The molecule has 0 radical (unpaired) electrons. The summed E-state index contributed by atoms with van der Waals surface area (Å²) >= 11 is 6.19. The van der Waals surface area contributed by atoms with E-state index < -0.39 is 6.04 Å². The third-order valence-electron chi connectivity index (χ3n) is 4.93. The van der Waals surface area contributed by atoms with Gasteiger partial charge in [0.15, 0.2) is 0 Å². The summed E-state index contributed by atoms with van der Waals surface area (Å²) in [6, 6.07) is 14.8. The van der Waals surface area contributed by atoms with E-state index in [2.05, 4.69) is 10.2 Å². The summed E-state index contributed by atoms with van der Waals surface area (Å²) < 4.78 is 0. The molecular weight excluding hydrogens is 362 g/mol. The summed E-state index contributed by atoms with van der Waals surface area (Å²) in [7, 11) is 0. The number of benzene rings is 2. The number of nitrogens with zero attached hydrogens (tertiary/aromatic N) is 2. The fraction of sp³-hybridized carbons (Fsp3) is 0.333. The van der Waals surface area contributed by atoms with Crippen molar-refractivity contribution < 1.29 is 9.59 Å². The molecule has 0 aromatic heterocycles. The molecule has 1 aliphatic heterocycles. The quantitative estimate of drug-likeness (QED) is 0.876. The monoisotopic (exact) mass is 385 g/mol. The predicted octanol–water partition coefficient (Wildman–Crippen LogP) is 3.49. The van der Waals surface area contributed by atoms with E-state index in [1.165, 1.54) is 0 Å². The zero-order valence-electron chi connectivity index (χ0n) is 15.6. The summed E-state index contributed by atoms with van der Waals surface area (Å²) in [5, 5.41) is 3.62. The second-order valence-corrected chi connectivity index (χ2v) is 7.22. The Kier molecular flexibility index (Phi) is 6.14. The van der Waals surface area contributed by atoms with Crippen molar-refractivity contribution >= 4 is 29.1 Å². The van der Waals surface area contributed by atoms with E-state index in [0.717, 1.165) is 11.1 Å². The van der Waals surface area contributed by atoms with Gasteiger partial charge in [0.2, 0.25) is 11.8 Å². The number of piperazine rings is 1. The lowest BCUT2D eigenvalue weighted by Gasteiger charge is -2.38. The molecule has 2 aromatic carbocycles. The van der Waals surface area contributed by atoms with Crippen LogP contribution in [0, 0.1) is 6.92 Å². The molecule has 1 atom stereocenters. The molecular formula is C21H24ClN3O2. The highest BCUT2D eigenvalue weighted by Crippen LogP contribution is 2.26. The smallest absolute Gasteiger partial charge is 0.246 e. The molecule has 27 heavy (non-hydrogen) atoms. The highest BCUT2D eigenvalue weighted by Gasteiger charge is 2.31. The highest BCUT2D eigenvalue weighted by atomic mass is 35.5. The maximum absolute atomic E-state index is 13.1. The first kappa shape index (κ1) is 19.4. The molecule has 1 saturated heterocycles. The Hall–Kier alpha value is -2.37. The molecule has 1 aliphatic rings. The number of amides is 2. The third kappa shape index (κ3) is 4.67. The van der Waals surface area contributed by atoms with Gasteiger partial charge in [-0.1, -0.05) is 48.0 Å². The van der Waals surface area contributed by atoms with Crippen molar-refractivity contribution in [1.82, 2.24) is 9.80 Å². The minimum absolute atomic E-state index is 0.0738. The summed E-state index contributed by atoms with van der Waals surface area (Å²) in [6.45, 7) is 6.07. The molecule has 2 amide bonds. The van der Waals surface area contributed by atoms with Crippen molar-refractivity contribution in [3.05, 3.63) is 64.7 Å². The molecule has 5 nitrogen and oxygen atoms in total. The van der Waals surface area contributed by atoms with E-state index in [0.29, 0.717) is 36.9 Å². The van der Waals surface area contributed by atoms with E-state index in [4.69, 9.17) is 11.6 Å². The fourth-order valence-electron chi connectivity index (χ4n) is 3.34. The molecule has 1 N–H and O–H groups in total. The number of hydrogen-bond acceptors (Lipinski definition) is 3. The molecule has 142 valence electrons. The normalized spacial score (nSPS) is 16.0. The largest absolute Gasteiger partial charge is 0.340 e. The number of nitrogens with one attached hydrogen (secondary N) is 1. The van der Waals surface area contributed by atoms with Gasteiger partial charge in [0.25, 0.3) is 0 Å². The van der Waals surface area contributed by atoms with Gasteiger partial charge in [0.05, 0.1) is 0 Å². The van der Waals surface area contributed by atoms with Crippen molar-refractivity contribution in [2.45, 2.75) is 19.9 Å². The van der Waals surface area contributed by atoms with Gasteiger partial charge < -0.3 is 10.2 Å². The molecule has 3 rings (SSSR count). The molecule has 1 heterocycles. The Bertz CT molecular complexity index is 817. The van der Waals surface area contributed by atoms with Crippen molar-refractivity contribution in [2.75, 3.05) is 31.5 Å². The van der Waals surface area contributed by atoms with E-state index in [1.807, 2.05) is 54.3 Å². The standard InChI is InChI=1S/C21H24ClN3O2/c1-15-8-9-18(14-19(15)22)23-21(27)20(17-6-4-3-5-7-17)25-12-10-24(11-13-25)16(2)26/h3-9,14,20H,10-13H2,1-2H3,(H,23,27). The van der Waals surface area contributed by atoms with Crippen molar-refractivity contribution in [3.63, 3.8) is 0 Å². The Morgan fingerprint density at radius 3 is 2.30 bits per heavy atom. The molecule has 1 unspecified atom stereocenters. The molecule has 0 aliphatic carbocycles. The van der Waals surface area contributed by atoms with Crippen LogP contribution in [-0.4, -0.2) is 47.8 Å². The second-order valence-electron chi connectivity index (χ2n) is 6.81. The van der Waals surface area contributed by atoms with Crippen LogP contribution >= 0.6 is 11.6 Å². The third-order valence-corrected chi connectivity index (χ3v) is 5.33. The lowest BCUT2D eigenvalue weighted by atomic mass is 10.0. The molecule has 6 heteroatoms. The van der Waals surface area contributed by atoms with Gasteiger partial charge in [0, 0.05) is 43.8 Å². The maximum atomic E-state index is 13.1. The van der Waals surface area contributed by atoms with Gasteiger partial charge in [-0.2, -0.15) is 0 Å². The van der Waals surface area contributed by atoms with Gasteiger partial charge in [-0.05, 0) is 30.2 Å². The van der Waals surface area contributed by atoms with Crippen LogP contribution in [0.3, 0.4) is 0 Å². The van der Waals surface area contributed by atoms with E-state index >= 15 is 0 Å².